The predicted octanol–water partition coefficient (Wildman–Crippen LogP) is 6.49. The largest absolute Gasteiger partial charge is 0.493 e. The number of nitrogens with one attached hydrogen (secondary N) is 1. The molecule has 10 nitrogen and oxygen atoms in total. The van der Waals surface area contributed by atoms with E-state index in [4.69, 9.17) is 30.8 Å². The Balaban J connectivity index is 1.18. The molecule has 1 fully saturated rings. The zero-order chi connectivity index (χ0) is 30.5. The van der Waals surface area contributed by atoms with Gasteiger partial charge in [0.25, 0.3) is 0 Å². The van der Waals surface area contributed by atoms with Crippen molar-refractivity contribution in [2.24, 2.45) is 0 Å². The Labute approximate surface area is 260 Å². The monoisotopic (exact) mass is 610 g/mol. The maximum absolute atomic E-state index is 12.5. The van der Waals surface area contributed by atoms with Crippen molar-refractivity contribution >= 4 is 40.2 Å². The average Bonchev–Trinajstić information content (AvgIpc) is 3.57. The Morgan fingerprint density at radius 2 is 1.89 bits per heavy atom. The van der Waals surface area contributed by atoms with Gasteiger partial charge in [0.2, 0.25) is 5.95 Å². The minimum Gasteiger partial charge on any atom is -0.493 e. The molecule has 0 atom stereocenters. The number of aromatic nitrogens is 4. The molecule has 0 radical (unpaired) electrons. The molecule has 0 unspecified atom stereocenters. The number of esters is 1. The van der Waals surface area contributed by atoms with Crippen LogP contribution in [0.15, 0.2) is 73.1 Å². The number of fused-ring (bicyclic) bond motifs is 1. The molecule has 5 aromatic rings. The van der Waals surface area contributed by atoms with Crippen LogP contribution in [0.5, 0.6) is 17.2 Å². The molecule has 0 amide bonds. The topological polar surface area (TPSA) is 112 Å². The molecular formula is C33H31ClN6O4. The van der Waals surface area contributed by atoms with Crippen LogP contribution in [0.3, 0.4) is 0 Å². The Morgan fingerprint density at radius 1 is 1.02 bits per heavy atom. The number of benzene rings is 3. The van der Waals surface area contributed by atoms with E-state index in [1.165, 1.54) is 19.0 Å². The molecule has 1 saturated heterocycles. The van der Waals surface area contributed by atoms with E-state index in [9.17, 15) is 4.79 Å². The number of carbonyl (C=O) groups is 1. The van der Waals surface area contributed by atoms with Crippen LogP contribution < -0.4 is 19.5 Å². The van der Waals surface area contributed by atoms with E-state index >= 15 is 0 Å². The van der Waals surface area contributed by atoms with Crippen LogP contribution in [-0.2, 0) is 0 Å². The lowest BCUT2D eigenvalue weighted by Crippen LogP contribution is -2.25. The minimum atomic E-state index is -0.506. The molecule has 0 bridgehead atoms. The Hall–Kier alpha value is -4.80. The fourth-order valence-corrected chi connectivity index (χ4v) is 5.37. The number of pyridine rings is 1. The number of methoxy groups -OCH3 is 1. The first kappa shape index (κ1) is 29.3. The van der Waals surface area contributed by atoms with Crippen LogP contribution in [0.1, 0.15) is 28.8 Å². The van der Waals surface area contributed by atoms with E-state index in [2.05, 4.69) is 25.4 Å². The van der Waals surface area contributed by atoms with Gasteiger partial charge >= 0.3 is 5.97 Å². The summed E-state index contributed by atoms with van der Waals surface area (Å²) in [4.78, 5) is 23.6. The van der Waals surface area contributed by atoms with Gasteiger partial charge in [-0.05, 0) is 98.6 Å². The molecule has 0 spiro atoms. The number of nitrogens with zero attached hydrogens (tertiary/aromatic N) is 5. The summed E-state index contributed by atoms with van der Waals surface area (Å²) in [5.41, 5.74) is 4.74. The van der Waals surface area contributed by atoms with E-state index in [0.717, 1.165) is 36.4 Å². The summed E-state index contributed by atoms with van der Waals surface area (Å²) in [5.74, 6) is 1.51. The lowest BCUT2D eigenvalue weighted by atomic mass is 10.0. The maximum atomic E-state index is 12.5. The van der Waals surface area contributed by atoms with Crippen molar-refractivity contribution in [1.29, 1.82) is 0 Å². The van der Waals surface area contributed by atoms with E-state index in [1.54, 1.807) is 43.6 Å². The number of hydrogen-bond donors (Lipinski definition) is 1. The first-order chi connectivity index (χ1) is 21.5. The lowest BCUT2D eigenvalue weighted by Gasteiger charge is -2.16. The smallest absolute Gasteiger partial charge is 0.345 e. The van der Waals surface area contributed by atoms with Crippen LogP contribution >= 0.6 is 11.6 Å². The van der Waals surface area contributed by atoms with Gasteiger partial charge < -0.3 is 19.5 Å². The molecule has 224 valence electrons. The number of anilines is 2. The third-order valence-corrected chi connectivity index (χ3v) is 7.72. The summed E-state index contributed by atoms with van der Waals surface area (Å²) < 4.78 is 17.1. The predicted molar refractivity (Wildman–Crippen MR) is 169 cm³/mol. The zero-order valence-corrected chi connectivity index (χ0v) is 25.2. The highest BCUT2D eigenvalue weighted by molar-refractivity contribution is 6.33. The zero-order valence-electron chi connectivity index (χ0n) is 24.4. The fraction of sp³-hybridized carbons (Fsp3) is 0.242. The Kier molecular flexibility index (Phi) is 8.81. The van der Waals surface area contributed by atoms with Gasteiger partial charge in [-0.25, -0.2) is 9.78 Å². The SMILES string of the molecule is COc1cc(Nc2nnc3cc(-c4cc(OC(=O)c5cccnc5)ccc4Cl)cc(C)c3n2)ccc1OCCN1CCCC1. The van der Waals surface area contributed by atoms with Gasteiger partial charge in [0.05, 0.1) is 18.2 Å². The van der Waals surface area contributed by atoms with Crippen molar-refractivity contribution < 1.29 is 19.0 Å². The second kappa shape index (κ2) is 13.2. The van der Waals surface area contributed by atoms with E-state index < -0.39 is 5.97 Å². The van der Waals surface area contributed by atoms with Gasteiger partial charge in [0.15, 0.2) is 11.5 Å². The Bertz CT molecular complexity index is 1800. The second-order valence-electron chi connectivity index (χ2n) is 10.5. The second-order valence-corrected chi connectivity index (χ2v) is 10.9. The van der Waals surface area contributed by atoms with Gasteiger partial charge in [-0.1, -0.05) is 11.6 Å². The number of halogens is 1. The van der Waals surface area contributed by atoms with E-state index in [0.29, 0.717) is 57.0 Å². The molecule has 1 N–H and O–H groups in total. The molecule has 2 aromatic heterocycles. The summed E-state index contributed by atoms with van der Waals surface area (Å²) in [6.45, 7) is 5.72. The first-order valence-corrected chi connectivity index (χ1v) is 14.7. The lowest BCUT2D eigenvalue weighted by molar-refractivity contribution is 0.0734. The summed E-state index contributed by atoms with van der Waals surface area (Å²) in [7, 11) is 1.62. The van der Waals surface area contributed by atoms with Gasteiger partial charge in [-0.2, -0.15) is 0 Å². The Morgan fingerprint density at radius 3 is 2.68 bits per heavy atom. The first-order valence-electron chi connectivity index (χ1n) is 14.3. The van der Waals surface area contributed by atoms with Gasteiger partial charge in [0, 0.05) is 41.3 Å². The van der Waals surface area contributed by atoms with Crippen molar-refractivity contribution in [2.45, 2.75) is 19.8 Å². The molecule has 11 heteroatoms. The molecule has 44 heavy (non-hydrogen) atoms. The maximum Gasteiger partial charge on any atom is 0.345 e. The molecule has 1 aliphatic heterocycles. The highest BCUT2D eigenvalue weighted by Gasteiger charge is 2.15. The van der Waals surface area contributed by atoms with E-state index in [1.807, 2.05) is 37.3 Å². The number of rotatable bonds is 10. The van der Waals surface area contributed by atoms with Gasteiger partial charge in [-0.3, -0.25) is 9.88 Å². The van der Waals surface area contributed by atoms with Crippen molar-refractivity contribution in [3.05, 3.63) is 89.2 Å². The highest BCUT2D eigenvalue weighted by Crippen LogP contribution is 2.35. The van der Waals surface area contributed by atoms with Gasteiger partial charge in [0.1, 0.15) is 17.9 Å². The summed E-state index contributed by atoms with van der Waals surface area (Å²) >= 11 is 6.56. The highest BCUT2D eigenvalue weighted by atomic mass is 35.5. The molecule has 0 saturated carbocycles. The van der Waals surface area contributed by atoms with Crippen LogP contribution in [0.25, 0.3) is 22.2 Å². The number of ether oxygens (including phenoxy) is 3. The quantitative estimate of drug-likeness (QED) is 0.139. The minimum absolute atomic E-state index is 0.348. The standard InChI is InChI=1S/C33H31ClN6O4/c1-21-16-23(26-19-25(8-9-27(26)34)44-32(41)22-6-5-11-35-20-22)17-28-31(21)37-33(39-38-28)36-24-7-10-29(30(18-24)42-2)43-15-14-40-12-3-4-13-40/h5-11,16-20H,3-4,12-15H2,1-2H3,(H,36,37,39). The van der Waals surface area contributed by atoms with Crippen LogP contribution in [-0.4, -0.2) is 64.4 Å². The summed E-state index contributed by atoms with van der Waals surface area (Å²) in [6.07, 6.45) is 5.56. The molecule has 3 heterocycles. The average molecular weight is 611 g/mol. The van der Waals surface area contributed by atoms with Crippen molar-refractivity contribution in [1.82, 2.24) is 25.1 Å². The third-order valence-electron chi connectivity index (χ3n) is 7.39. The number of carbonyl (C=O) groups excluding carboxylic acids is 1. The van der Waals surface area contributed by atoms with Crippen LogP contribution in [0.2, 0.25) is 5.02 Å². The molecule has 3 aromatic carbocycles. The van der Waals surface area contributed by atoms with Crippen LogP contribution in [0, 0.1) is 6.92 Å². The molecule has 1 aliphatic rings. The van der Waals surface area contributed by atoms with Crippen molar-refractivity contribution in [3.8, 4) is 28.4 Å². The normalized spacial score (nSPS) is 13.2. The number of hydrogen-bond acceptors (Lipinski definition) is 10. The molecule has 0 aliphatic carbocycles. The van der Waals surface area contributed by atoms with Crippen LogP contribution in [0.4, 0.5) is 11.6 Å². The third kappa shape index (κ3) is 6.72. The fourth-order valence-electron chi connectivity index (χ4n) is 5.14. The number of aryl methyl sites for hydroxylation is 1. The summed E-state index contributed by atoms with van der Waals surface area (Å²) in [5, 5.41) is 12.5. The number of likely N-dealkylation sites (tertiary alicyclic amines) is 1. The molecule has 6 rings (SSSR count). The van der Waals surface area contributed by atoms with Crippen molar-refractivity contribution in [2.75, 3.05) is 38.7 Å². The van der Waals surface area contributed by atoms with Gasteiger partial charge in [-0.15, -0.1) is 10.2 Å². The summed E-state index contributed by atoms with van der Waals surface area (Å²) in [6, 6.07) is 17.8. The van der Waals surface area contributed by atoms with E-state index in [-0.39, 0.29) is 0 Å². The molecular weight excluding hydrogens is 580 g/mol. The van der Waals surface area contributed by atoms with Crippen molar-refractivity contribution in [3.63, 3.8) is 0 Å².